The molecule has 1 aliphatic rings. The van der Waals surface area contributed by atoms with Gasteiger partial charge in [-0.1, -0.05) is 36.4 Å². The van der Waals surface area contributed by atoms with Crippen LogP contribution in [-0.2, 0) is 11.3 Å². The van der Waals surface area contributed by atoms with Gasteiger partial charge in [0.05, 0.1) is 27.2 Å². The van der Waals surface area contributed by atoms with Gasteiger partial charge in [0, 0.05) is 17.7 Å². The number of aliphatic hydroxyl groups is 2. The summed E-state index contributed by atoms with van der Waals surface area (Å²) in [6.07, 6.45) is -0.100. The number of nitrogens with zero attached hydrogens (tertiary/aromatic N) is 4. The molecule has 12 heteroatoms. The molecular weight excluding hydrogens is 540 g/mol. The predicted octanol–water partition coefficient (Wildman–Crippen LogP) is 2.66. The summed E-state index contributed by atoms with van der Waals surface area (Å²) in [4.78, 5) is 26.5. The third kappa shape index (κ3) is 4.96. The first kappa shape index (κ1) is 27.4. The normalized spacial score (nSPS) is 20.1. The van der Waals surface area contributed by atoms with E-state index in [-0.39, 0.29) is 0 Å². The number of amides is 1. The number of rotatable bonds is 9. The van der Waals surface area contributed by atoms with Gasteiger partial charge in [-0.3, -0.25) is 9.36 Å². The molecule has 216 valence electrons. The summed E-state index contributed by atoms with van der Waals surface area (Å²) >= 11 is 0. The summed E-state index contributed by atoms with van der Waals surface area (Å²) in [7, 11) is 3.15. The van der Waals surface area contributed by atoms with E-state index < -0.39 is 37.0 Å². The number of ether oxygens (including phenoxy) is 3. The minimum atomic E-state index is -1.19. The smallest absolute Gasteiger partial charge is 0.251 e. The van der Waals surface area contributed by atoms with Gasteiger partial charge < -0.3 is 35.1 Å². The highest BCUT2D eigenvalue weighted by molar-refractivity contribution is 5.95. The van der Waals surface area contributed by atoms with Crippen LogP contribution in [0.2, 0.25) is 0 Å². The van der Waals surface area contributed by atoms with Crippen molar-refractivity contribution in [3.8, 4) is 11.5 Å². The van der Waals surface area contributed by atoms with E-state index in [1.54, 1.807) is 35.9 Å². The number of carbonyl (C=O) groups is 1. The second kappa shape index (κ2) is 11.6. The molecule has 0 bridgehead atoms. The van der Waals surface area contributed by atoms with Crippen LogP contribution in [0.15, 0.2) is 73.3 Å². The van der Waals surface area contributed by atoms with Crippen LogP contribution >= 0.6 is 0 Å². The lowest BCUT2D eigenvalue weighted by molar-refractivity contribution is -0.0440. The van der Waals surface area contributed by atoms with E-state index in [1.807, 2.05) is 36.4 Å². The van der Waals surface area contributed by atoms with Crippen LogP contribution in [0.1, 0.15) is 22.1 Å². The highest BCUT2D eigenvalue weighted by Crippen LogP contribution is 2.33. The average Bonchev–Trinajstić information content (AvgIpc) is 3.60. The fourth-order valence-electron chi connectivity index (χ4n) is 5.32. The molecule has 5 aromatic rings. The average molecular weight is 571 g/mol. The van der Waals surface area contributed by atoms with E-state index in [0.29, 0.717) is 34.8 Å². The van der Waals surface area contributed by atoms with E-state index in [2.05, 4.69) is 25.6 Å². The summed E-state index contributed by atoms with van der Waals surface area (Å²) in [6.45, 7) is -0.0293. The first-order valence-corrected chi connectivity index (χ1v) is 13.4. The number of anilines is 1. The van der Waals surface area contributed by atoms with Crippen molar-refractivity contribution >= 4 is 33.7 Å². The Kier molecular flexibility index (Phi) is 7.57. The van der Waals surface area contributed by atoms with Gasteiger partial charge in [0.2, 0.25) is 0 Å². The molecule has 0 aliphatic carbocycles. The van der Waals surface area contributed by atoms with Crippen molar-refractivity contribution in [3.05, 3.63) is 84.4 Å². The van der Waals surface area contributed by atoms with Crippen LogP contribution in [0.4, 0.5) is 5.82 Å². The number of aromatic nitrogens is 4. The number of aliphatic hydroxyl groups excluding tert-OH is 2. The molecule has 1 saturated heterocycles. The molecule has 1 aliphatic heterocycles. The number of methoxy groups -OCH3 is 2. The first-order chi connectivity index (χ1) is 20.5. The van der Waals surface area contributed by atoms with Crippen LogP contribution in [0, 0.1) is 0 Å². The van der Waals surface area contributed by atoms with Gasteiger partial charge in [-0.25, -0.2) is 15.0 Å². The molecule has 0 saturated carbocycles. The van der Waals surface area contributed by atoms with Gasteiger partial charge in [-0.15, -0.1) is 0 Å². The molecule has 42 heavy (non-hydrogen) atoms. The number of imidazole rings is 1. The lowest BCUT2D eigenvalue weighted by Crippen LogP contribution is -2.46. The van der Waals surface area contributed by atoms with Crippen molar-refractivity contribution in [2.75, 3.05) is 26.1 Å². The molecular formula is C30H30N6O6. The maximum absolute atomic E-state index is 13.1. The lowest BCUT2D eigenvalue weighted by atomic mass is 10.0. The van der Waals surface area contributed by atoms with Crippen molar-refractivity contribution in [2.45, 2.75) is 31.0 Å². The Bertz CT molecular complexity index is 1740. The Balaban J connectivity index is 1.29. The highest BCUT2D eigenvalue weighted by atomic mass is 16.5. The van der Waals surface area contributed by atoms with Crippen LogP contribution < -0.4 is 20.1 Å². The zero-order chi connectivity index (χ0) is 29.2. The number of hydrogen-bond donors (Lipinski definition) is 4. The molecule has 3 aromatic carbocycles. The molecule has 0 unspecified atom stereocenters. The van der Waals surface area contributed by atoms with Gasteiger partial charge in [0.25, 0.3) is 5.91 Å². The van der Waals surface area contributed by atoms with Crippen molar-refractivity contribution in [2.24, 2.45) is 0 Å². The fourth-order valence-corrected chi connectivity index (χ4v) is 5.32. The Hall–Kier alpha value is -4.78. The standard InChI is InChI=1S/C30H30N6O6/c1-40-19-8-5-7-18(12-19)29(39)35-24-26(38)23(14-37)42-30(24)36-16-34-25-27(32-15-33-28(25)36)31-13-21-20-9-4-3-6-17(20)10-11-22(21)41-2/h3-12,15-16,23-24,26,30,37-38H,13-14H2,1-2H3,(H,35,39)(H,31,32,33)/t23-,24-,26-,30-/m1/s1. The summed E-state index contributed by atoms with van der Waals surface area (Å²) in [5, 5.41) is 29.2. The first-order valence-electron chi connectivity index (χ1n) is 13.4. The monoisotopic (exact) mass is 570 g/mol. The van der Waals surface area contributed by atoms with Crippen LogP contribution in [0.25, 0.3) is 21.9 Å². The molecule has 6 rings (SSSR count). The van der Waals surface area contributed by atoms with E-state index >= 15 is 0 Å². The van der Waals surface area contributed by atoms with Gasteiger partial charge >= 0.3 is 0 Å². The van der Waals surface area contributed by atoms with Crippen molar-refractivity contribution in [3.63, 3.8) is 0 Å². The molecule has 4 N–H and O–H groups in total. The number of nitrogens with one attached hydrogen (secondary N) is 2. The van der Waals surface area contributed by atoms with E-state index in [0.717, 1.165) is 22.1 Å². The summed E-state index contributed by atoms with van der Waals surface area (Å²) in [5.74, 6) is 1.32. The van der Waals surface area contributed by atoms with Crippen molar-refractivity contribution in [1.29, 1.82) is 0 Å². The molecule has 2 aromatic heterocycles. The number of hydrogen-bond acceptors (Lipinski definition) is 10. The molecule has 0 spiro atoms. The third-order valence-electron chi connectivity index (χ3n) is 7.46. The van der Waals surface area contributed by atoms with E-state index in [1.165, 1.54) is 19.8 Å². The molecule has 4 atom stereocenters. The SMILES string of the molecule is COc1cccc(C(=O)N[C@@H]2[C@H](O)[C@@H](CO)O[C@H]2n2cnc3c(NCc4c(OC)ccc5ccccc45)ncnc32)c1. The highest BCUT2D eigenvalue weighted by Gasteiger charge is 2.46. The van der Waals surface area contributed by atoms with Gasteiger partial charge in [-0.05, 0) is 35.0 Å². The summed E-state index contributed by atoms with van der Waals surface area (Å²) < 4.78 is 18.5. The third-order valence-corrected chi connectivity index (χ3v) is 7.46. The maximum atomic E-state index is 13.1. The Morgan fingerprint density at radius 3 is 2.71 bits per heavy atom. The zero-order valence-electron chi connectivity index (χ0n) is 23.0. The Morgan fingerprint density at radius 1 is 1.05 bits per heavy atom. The number of fused-ring (bicyclic) bond motifs is 2. The molecule has 12 nitrogen and oxygen atoms in total. The quantitative estimate of drug-likeness (QED) is 0.208. The number of benzene rings is 3. The van der Waals surface area contributed by atoms with Crippen molar-refractivity contribution in [1.82, 2.24) is 24.8 Å². The predicted molar refractivity (Wildman–Crippen MR) is 154 cm³/mol. The topological polar surface area (TPSA) is 153 Å². The lowest BCUT2D eigenvalue weighted by Gasteiger charge is -2.23. The van der Waals surface area contributed by atoms with Gasteiger partial charge in [-0.2, -0.15) is 0 Å². The van der Waals surface area contributed by atoms with Gasteiger partial charge in [0.1, 0.15) is 36.1 Å². The second-order valence-corrected chi connectivity index (χ2v) is 9.84. The molecule has 3 heterocycles. The van der Waals surface area contributed by atoms with Gasteiger partial charge in [0.15, 0.2) is 23.2 Å². The Morgan fingerprint density at radius 2 is 1.90 bits per heavy atom. The Labute approximate surface area is 240 Å². The summed E-state index contributed by atoms with van der Waals surface area (Å²) in [5.41, 5.74) is 2.21. The molecule has 1 amide bonds. The van der Waals surface area contributed by atoms with Crippen LogP contribution in [0.5, 0.6) is 11.5 Å². The van der Waals surface area contributed by atoms with Crippen LogP contribution in [-0.4, -0.2) is 74.7 Å². The molecule has 0 radical (unpaired) electrons. The fraction of sp³-hybridized carbons (Fsp3) is 0.267. The minimum Gasteiger partial charge on any atom is -0.497 e. The molecule has 1 fully saturated rings. The van der Waals surface area contributed by atoms with E-state index in [9.17, 15) is 15.0 Å². The number of carbonyl (C=O) groups excluding carboxylic acids is 1. The van der Waals surface area contributed by atoms with Crippen molar-refractivity contribution < 1.29 is 29.2 Å². The summed E-state index contributed by atoms with van der Waals surface area (Å²) in [6, 6.07) is 17.8. The van der Waals surface area contributed by atoms with Crippen LogP contribution in [0.3, 0.4) is 0 Å². The zero-order valence-corrected chi connectivity index (χ0v) is 23.0. The maximum Gasteiger partial charge on any atom is 0.251 e. The minimum absolute atomic E-state index is 0.348. The van der Waals surface area contributed by atoms with E-state index in [4.69, 9.17) is 14.2 Å². The largest absolute Gasteiger partial charge is 0.497 e. The second-order valence-electron chi connectivity index (χ2n) is 9.84.